The van der Waals surface area contributed by atoms with Crippen LogP contribution in [0.1, 0.15) is 39.2 Å². The van der Waals surface area contributed by atoms with Crippen LogP contribution in [0, 0.1) is 5.92 Å². The molecule has 0 saturated carbocycles. The van der Waals surface area contributed by atoms with Gasteiger partial charge in [-0.05, 0) is 39.7 Å². The van der Waals surface area contributed by atoms with E-state index < -0.39 is 18.1 Å². The molecule has 2 aliphatic rings. The highest BCUT2D eigenvalue weighted by atomic mass is 19.4. The Morgan fingerprint density at radius 1 is 1.10 bits per heavy atom. The van der Waals surface area contributed by atoms with E-state index in [2.05, 4.69) is 4.74 Å². The van der Waals surface area contributed by atoms with Gasteiger partial charge in [0.05, 0.1) is 25.3 Å². The Kier molecular flexibility index (Phi) is 6.31. The first kappa shape index (κ1) is 22.4. The van der Waals surface area contributed by atoms with Gasteiger partial charge < -0.3 is 14.2 Å². The van der Waals surface area contributed by atoms with Gasteiger partial charge in [-0.1, -0.05) is 18.2 Å². The van der Waals surface area contributed by atoms with Crippen LogP contribution in [-0.2, 0) is 20.7 Å². The van der Waals surface area contributed by atoms with Gasteiger partial charge >= 0.3 is 12.5 Å². The Bertz CT molecular complexity index is 776. The minimum Gasteiger partial charge on any atom is -0.444 e. The number of hydrogen-bond donors (Lipinski definition) is 0. The SMILES string of the molecule is CC(C)(C)OC(=O)N1C2COCC1CC(C(=O)Cc1ccccc1OC(F)(F)F)C2. The average Bonchev–Trinajstić information content (AvgIpc) is 2.59. The summed E-state index contributed by atoms with van der Waals surface area (Å²) in [7, 11) is 0. The summed E-state index contributed by atoms with van der Waals surface area (Å²) < 4.78 is 53.0. The first-order valence-electron chi connectivity index (χ1n) is 9.88. The van der Waals surface area contributed by atoms with Gasteiger partial charge in [-0.2, -0.15) is 0 Å². The zero-order chi connectivity index (χ0) is 22.1. The van der Waals surface area contributed by atoms with Crippen molar-refractivity contribution in [2.45, 2.75) is 64.1 Å². The molecule has 30 heavy (non-hydrogen) atoms. The molecule has 9 heteroatoms. The topological polar surface area (TPSA) is 65.1 Å². The second kappa shape index (κ2) is 8.45. The number of benzene rings is 1. The molecule has 1 amide bonds. The van der Waals surface area contributed by atoms with E-state index in [9.17, 15) is 22.8 Å². The van der Waals surface area contributed by atoms with Crippen molar-refractivity contribution in [1.82, 2.24) is 4.90 Å². The van der Waals surface area contributed by atoms with Crippen LogP contribution in [0.3, 0.4) is 0 Å². The minimum absolute atomic E-state index is 0.163. The lowest BCUT2D eigenvalue weighted by molar-refractivity contribution is -0.274. The number of piperidine rings is 1. The maximum atomic E-state index is 12.9. The summed E-state index contributed by atoms with van der Waals surface area (Å²) in [6, 6.07) is 5.05. The van der Waals surface area contributed by atoms with Gasteiger partial charge in [-0.25, -0.2) is 4.79 Å². The molecule has 166 valence electrons. The number of halogens is 3. The zero-order valence-electron chi connectivity index (χ0n) is 17.2. The molecular weight excluding hydrogens is 403 g/mol. The van der Waals surface area contributed by atoms with Gasteiger partial charge in [-0.3, -0.25) is 9.69 Å². The van der Waals surface area contributed by atoms with Crippen LogP contribution in [0.5, 0.6) is 5.75 Å². The van der Waals surface area contributed by atoms with Crippen molar-refractivity contribution in [2.24, 2.45) is 5.92 Å². The molecule has 3 rings (SSSR count). The van der Waals surface area contributed by atoms with E-state index in [1.165, 1.54) is 18.2 Å². The molecule has 2 aliphatic heterocycles. The number of hydrogen-bond acceptors (Lipinski definition) is 5. The third-order valence-electron chi connectivity index (χ3n) is 5.14. The molecule has 2 bridgehead atoms. The number of amides is 1. The van der Waals surface area contributed by atoms with Crippen LogP contribution in [0.4, 0.5) is 18.0 Å². The lowest BCUT2D eigenvalue weighted by atomic mass is 9.81. The van der Waals surface area contributed by atoms with E-state index in [1.807, 2.05) is 0 Å². The smallest absolute Gasteiger partial charge is 0.444 e. The van der Waals surface area contributed by atoms with Gasteiger partial charge in [0, 0.05) is 17.9 Å². The predicted molar refractivity (Wildman–Crippen MR) is 101 cm³/mol. The van der Waals surface area contributed by atoms with Gasteiger partial charge in [0.25, 0.3) is 0 Å². The first-order chi connectivity index (χ1) is 13.9. The molecule has 1 aromatic rings. The highest BCUT2D eigenvalue weighted by molar-refractivity contribution is 5.84. The largest absolute Gasteiger partial charge is 0.573 e. The molecule has 0 N–H and O–H groups in total. The second-order valence-electron chi connectivity index (χ2n) is 8.70. The number of ketones is 1. The Morgan fingerprint density at radius 2 is 1.70 bits per heavy atom. The molecule has 2 unspecified atom stereocenters. The Hall–Kier alpha value is -2.29. The standard InChI is InChI=1S/C21H26F3NO5/c1-20(2,3)30-19(27)25-15-8-14(9-16(25)12-28-11-15)17(26)10-13-6-4-5-7-18(13)29-21(22,23)24/h4-7,14-16H,8-12H2,1-3H3. The number of ether oxygens (including phenoxy) is 3. The van der Waals surface area contributed by atoms with E-state index in [-0.39, 0.29) is 41.5 Å². The fourth-order valence-electron chi connectivity index (χ4n) is 4.00. The van der Waals surface area contributed by atoms with E-state index >= 15 is 0 Å². The normalized spacial score (nSPS) is 24.3. The van der Waals surface area contributed by atoms with Crippen molar-refractivity contribution >= 4 is 11.9 Å². The van der Waals surface area contributed by atoms with Gasteiger partial charge in [0.2, 0.25) is 0 Å². The number of Topliss-reactive ketones (excluding diaryl/α,β-unsaturated/α-hetero) is 1. The van der Waals surface area contributed by atoms with Crippen molar-refractivity contribution in [2.75, 3.05) is 13.2 Å². The molecule has 6 nitrogen and oxygen atoms in total. The quantitative estimate of drug-likeness (QED) is 0.721. The fraction of sp³-hybridized carbons (Fsp3) is 0.619. The fourth-order valence-corrected chi connectivity index (χ4v) is 4.00. The number of rotatable bonds is 4. The average molecular weight is 429 g/mol. The van der Waals surface area contributed by atoms with Crippen LogP contribution >= 0.6 is 0 Å². The maximum absolute atomic E-state index is 12.9. The van der Waals surface area contributed by atoms with E-state index in [0.717, 1.165) is 0 Å². The van der Waals surface area contributed by atoms with E-state index in [1.54, 1.807) is 31.7 Å². The van der Waals surface area contributed by atoms with Gasteiger partial charge in [0.1, 0.15) is 17.1 Å². The lowest BCUT2D eigenvalue weighted by Gasteiger charge is -2.47. The molecule has 2 saturated heterocycles. The molecule has 2 heterocycles. The van der Waals surface area contributed by atoms with Gasteiger partial charge in [0.15, 0.2) is 0 Å². The summed E-state index contributed by atoms with van der Waals surface area (Å²) in [5, 5.41) is 0. The summed E-state index contributed by atoms with van der Waals surface area (Å²) in [6.07, 6.45) is -4.65. The zero-order valence-corrected chi connectivity index (χ0v) is 17.2. The Morgan fingerprint density at radius 3 is 2.27 bits per heavy atom. The highest BCUT2D eigenvalue weighted by Gasteiger charge is 2.45. The molecule has 2 fully saturated rings. The minimum atomic E-state index is -4.83. The maximum Gasteiger partial charge on any atom is 0.573 e. The molecule has 2 atom stereocenters. The summed E-state index contributed by atoms with van der Waals surface area (Å²) in [6.45, 7) is 5.95. The number of carbonyl (C=O) groups excluding carboxylic acids is 2. The van der Waals surface area contributed by atoms with Crippen molar-refractivity contribution in [3.05, 3.63) is 29.8 Å². The lowest BCUT2D eigenvalue weighted by Crippen LogP contribution is -2.60. The van der Waals surface area contributed by atoms with Gasteiger partial charge in [-0.15, -0.1) is 13.2 Å². The summed E-state index contributed by atoms with van der Waals surface area (Å²) in [4.78, 5) is 27.2. The number of alkyl halides is 3. The van der Waals surface area contributed by atoms with Crippen molar-refractivity contribution in [3.63, 3.8) is 0 Å². The third-order valence-corrected chi connectivity index (χ3v) is 5.14. The number of fused-ring (bicyclic) bond motifs is 2. The summed E-state index contributed by atoms with van der Waals surface area (Å²) >= 11 is 0. The second-order valence-corrected chi connectivity index (χ2v) is 8.70. The van der Waals surface area contributed by atoms with E-state index in [0.29, 0.717) is 26.1 Å². The Labute approximate surface area is 173 Å². The van der Waals surface area contributed by atoms with Crippen LogP contribution < -0.4 is 4.74 Å². The molecule has 0 radical (unpaired) electrons. The summed E-state index contributed by atoms with van der Waals surface area (Å²) in [5.74, 6) is -0.913. The molecular formula is C21H26F3NO5. The summed E-state index contributed by atoms with van der Waals surface area (Å²) in [5.41, 5.74) is -0.447. The highest BCUT2D eigenvalue weighted by Crippen LogP contribution is 2.35. The van der Waals surface area contributed by atoms with E-state index in [4.69, 9.17) is 9.47 Å². The molecule has 0 aromatic heterocycles. The van der Waals surface area contributed by atoms with Crippen molar-refractivity contribution in [3.8, 4) is 5.75 Å². The number of para-hydroxylation sites is 1. The Balaban J connectivity index is 1.69. The van der Waals surface area contributed by atoms with Crippen molar-refractivity contribution < 1.29 is 37.0 Å². The molecule has 0 aliphatic carbocycles. The van der Waals surface area contributed by atoms with Crippen molar-refractivity contribution in [1.29, 1.82) is 0 Å². The van der Waals surface area contributed by atoms with Crippen LogP contribution in [0.2, 0.25) is 0 Å². The number of morpholine rings is 1. The third kappa shape index (κ3) is 5.65. The molecule has 1 aromatic carbocycles. The van der Waals surface area contributed by atoms with Crippen LogP contribution in [-0.4, -0.2) is 54.0 Å². The van der Waals surface area contributed by atoms with Crippen LogP contribution in [0.15, 0.2) is 24.3 Å². The number of carbonyl (C=O) groups is 2. The monoisotopic (exact) mass is 429 g/mol. The first-order valence-corrected chi connectivity index (χ1v) is 9.88. The van der Waals surface area contributed by atoms with Crippen LogP contribution in [0.25, 0.3) is 0 Å². The number of nitrogens with zero attached hydrogens (tertiary/aromatic N) is 1. The predicted octanol–water partition coefficient (Wildman–Crippen LogP) is 4.11. The molecule has 0 spiro atoms.